The van der Waals surface area contributed by atoms with Crippen molar-refractivity contribution in [2.45, 2.75) is 0 Å². The maximum Gasteiger partial charge on any atom is 0.199 e. The summed E-state index contributed by atoms with van der Waals surface area (Å²) in [7, 11) is 1.42. The van der Waals surface area contributed by atoms with E-state index in [2.05, 4.69) is 0 Å². The molecule has 3 rings (SSSR count). The van der Waals surface area contributed by atoms with Gasteiger partial charge in [0, 0.05) is 11.5 Å². The van der Waals surface area contributed by atoms with E-state index in [1.807, 2.05) is 0 Å². The highest BCUT2D eigenvalue weighted by Crippen LogP contribution is 2.28. The quantitative estimate of drug-likeness (QED) is 0.748. The molecule has 1 N–H and O–H groups in total. The van der Waals surface area contributed by atoms with Crippen LogP contribution >= 0.6 is 0 Å². The van der Waals surface area contributed by atoms with Gasteiger partial charge in [-0.05, 0) is 30.3 Å². The number of hydrogen-bond donors (Lipinski definition) is 1. The molecule has 0 fully saturated rings. The van der Waals surface area contributed by atoms with Crippen LogP contribution in [0.4, 0.5) is 4.39 Å². The number of carbonyl (C=O) groups is 1. The van der Waals surface area contributed by atoms with Crippen LogP contribution in [0.15, 0.2) is 47.1 Å². The predicted octanol–water partition coefficient (Wildman–Crippen LogP) is 3.52. The third-order valence-corrected chi connectivity index (χ3v) is 3.22. The number of halogens is 1. The number of hydrogen-bond acceptors (Lipinski definition) is 4. The highest BCUT2D eigenvalue weighted by atomic mass is 19.1. The second kappa shape index (κ2) is 4.94. The Morgan fingerprint density at radius 3 is 2.71 bits per heavy atom. The Kier molecular flexibility index (Phi) is 3.10. The molecule has 0 unspecified atom stereocenters. The Labute approximate surface area is 119 Å². The van der Waals surface area contributed by atoms with E-state index in [-0.39, 0.29) is 16.9 Å². The van der Waals surface area contributed by atoms with E-state index < -0.39 is 11.6 Å². The summed E-state index contributed by atoms with van der Waals surface area (Å²) in [6, 6.07) is 8.43. The minimum Gasteiger partial charge on any atom is -0.508 e. The van der Waals surface area contributed by atoms with E-state index in [1.54, 1.807) is 6.07 Å². The highest BCUT2D eigenvalue weighted by Gasteiger charge is 2.19. The lowest BCUT2D eigenvalue weighted by molar-refractivity contribution is 0.103. The van der Waals surface area contributed by atoms with E-state index in [1.165, 1.54) is 37.6 Å². The summed E-state index contributed by atoms with van der Waals surface area (Å²) in [5, 5.41) is 9.94. The number of aromatic hydroxyl groups is 1. The van der Waals surface area contributed by atoms with Crippen LogP contribution in [0.3, 0.4) is 0 Å². The zero-order chi connectivity index (χ0) is 15.0. The van der Waals surface area contributed by atoms with Crippen molar-refractivity contribution in [1.29, 1.82) is 0 Å². The minimum atomic E-state index is -0.672. The van der Waals surface area contributed by atoms with Gasteiger partial charge < -0.3 is 14.3 Å². The Morgan fingerprint density at radius 2 is 2.00 bits per heavy atom. The molecule has 0 amide bonds. The largest absolute Gasteiger partial charge is 0.508 e. The summed E-state index contributed by atoms with van der Waals surface area (Å²) in [4.78, 5) is 12.4. The molecular formula is C16H11FO4. The first kappa shape index (κ1) is 13.2. The second-order valence-corrected chi connectivity index (χ2v) is 4.50. The third kappa shape index (κ3) is 2.23. The molecule has 0 aliphatic carbocycles. The van der Waals surface area contributed by atoms with Crippen molar-refractivity contribution in [3.05, 3.63) is 59.6 Å². The van der Waals surface area contributed by atoms with Crippen molar-refractivity contribution >= 4 is 16.8 Å². The summed E-state index contributed by atoms with van der Waals surface area (Å²) >= 11 is 0. The Balaban J connectivity index is 2.10. The summed E-state index contributed by atoms with van der Waals surface area (Å²) < 4.78 is 24.1. The van der Waals surface area contributed by atoms with E-state index in [0.29, 0.717) is 16.7 Å². The van der Waals surface area contributed by atoms with Gasteiger partial charge in [0.25, 0.3) is 0 Å². The number of furan rings is 1. The lowest BCUT2D eigenvalue weighted by Crippen LogP contribution is -2.03. The van der Waals surface area contributed by atoms with E-state index in [9.17, 15) is 14.3 Å². The fourth-order valence-electron chi connectivity index (χ4n) is 2.14. The average molecular weight is 286 g/mol. The molecule has 0 aliphatic rings. The van der Waals surface area contributed by atoms with E-state index in [4.69, 9.17) is 9.15 Å². The molecule has 4 nitrogen and oxygen atoms in total. The zero-order valence-corrected chi connectivity index (χ0v) is 11.1. The number of methoxy groups -OCH3 is 1. The molecule has 0 aliphatic heterocycles. The Morgan fingerprint density at radius 1 is 1.19 bits per heavy atom. The molecule has 0 bridgehead atoms. The molecule has 1 heterocycles. The van der Waals surface area contributed by atoms with Gasteiger partial charge in [-0.2, -0.15) is 0 Å². The number of ketones is 1. The zero-order valence-electron chi connectivity index (χ0n) is 11.1. The standard InChI is InChI=1S/C16H11FO4/c1-20-10-3-4-11(14(17)7-10)16(19)13-8-21-15-5-2-9(18)6-12(13)15/h2-8,18H,1H3. The van der Waals surface area contributed by atoms with Crippen LogP contribution in [0.2, 0.25) is 0 Å². The highest BCUT2D eigenvalue weighted by molar-refractivity contribution is 6.16. The molecule has 0 saturated heterocycles. The number of carbonyl (C=O) groups excluding carboxylic acids is 1. The first-order valence-corrected chi connectivity index (χ1v) is 6.18. The lowest BCUT2D eigenvalue weighted by atomic mass is 10.0. The van der Waals surface area contributed by atoms with Crippen LogP contribution in [0.1, 0.15) is 15.9 Å². The summed E-state index contributed by atoms with van der Waals surface area (Å²) in [6.07, 6.45) is 1.26. The fraction of sp³-hybridized carbons (Fsp3) is 0.0625. The summed E-state index contributed by atoms with van der Waals surface area (Å²) in [6.45, 7) is 0. The van der Waals surface area contributed by atoms with Crippen LogP contribution in [0.5, 0.6) is 11.5 Å². The van der Waals surface area contributed by atoms with Crippen LogP contribution < -0.4 is 4.74 Å². The maximum atomic E-state index is 14.0. The number of fused-ring (bicyclic) bond motifs is 1. The third-order valence-electron chi connectivity index (χ3n) is 3.22. The minimum absolute atomic E-state index is 0.00755. The second-order valence-electron chi connectivity index (χ2n) is 4.50. The van der Waals surface area contributed by atoms with E-state index in [0.717, 1.165) is 6.07 Å². The summed E-state index contributed by atoms with van der Waals surface area (Å²) in [5.41, 5.74) is 0.567. The molecule has 5 heteroatoms. The molecule has 0 radical (unpaired) electrons. The molecule has 3 aromatic rings. The number of phenolic OH excluding ortho intramolecular Hbond substituents is 1. The van der Waals surface area contributed by atoms with Crippen LogP contribution in [0, 0.1) is 5.82 Å². The monoisotopic (exact) mass is 286 g/mol. The van der Waals surface area contributed by atoms with Gasteiger partial charge in [0.15, 0.2) is 5.78 Å². The normalized spacial score (nSPS) is 10.8. The van der Waals surface area contributed by atoms with Gasteiger partial charge in [-0.3, -0.25) is 4.79 Å². The molecule has 21 heavy (non-hydrogen) atoms. The number of phenols is 1. The van der Waals surface area contributed by atoms with Gasteiger partial charge in [0.1, 0.15) is 29.2 Å². The van der Waals surface area contributed by atoms with Crippen molar-refractivity contribution in [3.63, 3.8) is 0 Å². The Bertz CT molecular complexity index is 835. The van der Waals surface area contributed by atoms with Gasteiger partial charge in [0.05, 0.1) is 18.2 Å². The van der Waals surface area contributed by atoms with Crippen molar-refractivity contribution in [1.82, 2.24) is 0 Å². The van der Waals surface area contributed by atoms with Crippen LogP contribution in [-0.4, -0.2) is 18.0 Å². The molecule has 106 valence electrons. The SMILES string of the molecule is COc1ccc(C(=O)c2coc3ccc(O)cc23)c(F)c1. The van der Waals surface area contributed by atoms with Crippen LogP contribution in [0.25, 0.3) is 11.0 Å². The molecule has 0 spiro atoms. The van der Waals surface area contributed by atoms with Crippen molar-refractivity contribution in [3.8, 4) is 11.5 Å². The smallest absolute Gasteiger partial charge is 0.199 e. The van der Waals surface area contributed by atoms with Gasteiger partial charge in [-0.15, -0.1) is 0 Å². The van der Waals surface area contributed by atoms with Crippen molar-refractivity contribution in [2.75, 3.05) is 7.11 Å². The lowest BCUT2D eigenvalue weighted by Gasteiger charge is -2.04. The molecule has 1 aromatic heterocycles. The molecule has 0 atom stereocenters. The summed E-state index contributed by atoms with van der Waals surface area (Å²) in [5.74, 6) is -0.847. The maximum absolute atomic E-state index is 14.0. The fourth-order valence-corrected chi connectivity index (χ4v) is 2.14. The first-order valence-electron chi connectivity index (χ1n) is 6.18. The first-order chi connectivity index (χ1) is 10.1. The van der Waals surface area contributed by atoms with E-state index >= 15 is 0 Å². The molecule has 0 saturated carbocycles. The Hall–Kier alpha value is -2.82. The van der Waals surface area contributed by atoms with Gasteiger partial charge in [-0.25, -0.2) is 4.39 Å². The van der Waals surface area contributed by atoms with Crippen molar-refractivity contribution in [2.24, 2.45) is 0 Å². The number of ether oxygens (including phenoxy) is 1. The van der Waals surface area contributed by atoms with Gasteiger partial charge >= 0.3 is 0 Å². The number of benzene rings is 2. The van der Waals surface area contributed by atoms with Crippen molar-refractivity contribution < 1.29 is 23.4 Å². The number of rotatable bonds is 3. The average Bonchev–Trinajstić information content (AvgIpc) is 2.89. The molecular weight excluding hydrogens is 275 g/mol. The topological polar surface area (TPSA) is 59.7 Å². The molecule has 2 aromatic carbocycles. The predicted molar refractivity (Wildman–Crippen MR) is 74.3 cm³/mol. The van der Waals surface area contributed by atoms with Crippen LogP contribution in [-0.2, 0) is 0 Å². The van der Waals surface area contributed by atoms with Gasteiger partial charge in [0.2, 0.25) is 0 Å². The van der Waals surface area contributed by atoms with Gasteiger partial charge in [-0.1, -0.05) is 0 Å².